The third-order valence-electron chi connectivity index (χ3n) is 3.92. The van der Waals surface area contributed by atoms with Crippen LogP contribution in [0, 0.1) is 5.92 Å². The standard InChI is InChI=1S/C19H34N2O3/c1-14(2)10-20-11-16-7-8-18(23-6)19(9-16)24-13-17(22)12-21(5)15(3)4/h7-9,14-15,17,20,22H,10-13H2,1-6H3/t17-/m0/s1. The second-order valence-electron chi connectivity index (χ2n) is 7.01. The zero-order valence-electron chi connectivity index (χ0n) is 16.0. The quantitative estimate of drug-likeness (QED) is 0.649. The van der Waals surface area contributed by atoms with Crippen molar-refractivity contribution in [2.45, 2.75) is 46.4 Å². The molecule has 0 aliphatic heterocycles. The Morgan fingerprint density at radius 3 is 2.46 bits per heavy atom. The second-order valence-corrected chi connectivity index (χ2v) is 7.01. The number of nitrogens with one attached hydrogen (secondary N) is 1. The van der Waals surface area contributed by atoms with E-state index in [-0.39, 0.29) is 6.61 Å². The number of likely N-dealkylation sites (N-methyl/N-ethyl adjacent to an activating group) is 1. The van der Waals surface area contributed by atoms with E-state index in [1.165, 1.54) is 0 Å². The molecule has 0 aliphatic rings. The number of hydrogen-bond acceptors (Lipinski definition) is 5. The summed E-state index contributed by atoms with van der Waals surface area (Å²) in [6, 6.07) is 6.31. The van der Waals surface area contributed by atoms with E-state index in [9.17, 15) is 5.11 Å². The molecule has 138 valence electrons. The molecule has 1 rings (SSSR count). The van der Waals surface area contributed by atoms with Crippen molar-refractivity contribution in [3.63, 3.8) is 0 Å². The summed E-state index contributed by atoms with van der Waals surface area (Å²) < 4.78 is 11.2. The predicted octanol–water partition coefficient (Wildman–Crippen LogP) is 2.52. The maximum Gasteiger partial charge on any atom is 0.161 e. The smallest absolute Gasteiger partial charge is 0.161 e. The topological polar surface area (TPSA) is 54.0 Å². The number of aliphatic hydroxyl groups is 1. The normalized spacial score (nSPS) is 12.9. The van der Waals surface area contributed by atoms with Gasteiger partial charge >= 0.3 is 0 Å². The predicted molar refractivity (Wildman–Crippen MR) is 98.8 cm³/mol. The van der Waals surface area contributed by atoms with Crippen LogP contribution in [0.1, 0.15) is 33.3 Å². The molecule has 1 aromatic rings. The number of ether oxygens (including phenoxy) is 2. The molecule has 2 N–H and O–H groups in total. The van der Waals surface area contributed by atoms with Gasteiger partial charge in [0.2, 0.25) is 0 Å². The largest absolute Gasteiger partial charge is 0.493 e. The van der Waals surface area contributed by atoms with Gasteiger partial charge in [-0.05, 0) is 51.1 Å². The van der Waals surface area contributed by atoms with Crippen LogP contribution >= 0.6 is 0 Å². The molecule has 1 atom stereocenters. The summed E-state index contributed by atoms with van der Waals surface area (Å²) in [5, 5.41) is 13.6. The molecule has 0 saturated carbocycles. The van der Waals surface area contributed by atoms with E-state index >= 15 is 0 Å². The minimum Gasteiger partial charge on any atom is -0.493 e. The van der Waals surface area contributed by atoms with Crippen LogP contribution < -0.4 is 14.8 Å². The lowest BCUT2D eigenvalue weighted by Crippen LogP contribution is -2.37. The van der Waals surface area contributed by atoms with Gasteiger partial charge in [-0.3, -0.25) is 0 Å². The number of aliphatic hydroxyl groups excluding tert-OH is 1. The lowest BCUT2D eigenvalue weighted by Gasteiger charge is -2.24. The highest BCUT2D eigenvalue weighted by Crippen LogP contribution is 2.28. The molecule has 0 fully saturated rings. The van der Waals surface area contributed by atoms with Gasteiger partial charge in [-0.1, -0.05) is 19.9 Å². The monoisotopic (exact) mass is 338 g/mol. The molecule has 0 radical (unpaired) electrons. The van der Waals surface area contributed by atoms with Crippen molar-refractivity contribution in [3.8, 4) is 11.5 Å². The molecule has 1 aromatic carbocycles. The summed E-state index contributed by atoms with van der Waals surface area (Å²) in [7, 11) is 3.62. The fourth-order valence-corrected chi connectivity index (χ4v) is 2.23. The fraction of sp³-hybridized carbons (Fsp3) is 0.684. The molecule has 0 unspecified atom stereocenters. The van der Waals surface area contributed by atoms with E-state index in [0.717, 1.165) is 18.7 Å². The van der Waals surface area contributed by atoms with Crippen LogP contribution in [-0.2, 0) is 6.54 Å². The molecule has 5 nitrogen and oxygen atoms in total. The first kappa shape index (κ1) is 20.7. The van der Waals surface area contributed by atoms with Crippen molar-refractivity contribution in [3.05, 3.63) is 23.8 Å². The van der Waals surface area contributed by atoms with E-state index in [1.54, 1.807) is 7.11 Å². The van der Waals surface area contributed by atoms with Crippen molar-refractivity contribution < 1.29 is 14.6 Å². The average molecular weight is 338 g/mol. The first-order valence-electron chi connectivity index (χ1n) is 8.72. The maximum atomic E-state index is 10.1. The highest BCUT2D eigenvalue weighted by molar-refractivity contribution is 5.43. The Morgan fingerprint density at radius 2 is 1.88 bits per heavy atom. The first-order valence-corrected chi connectivity index (χ1v) is 8.72. The van der Waals surface area contributed by atoms with Gasteiger partial charge in [-0.25, -0.2) is 0 Å². The zero-order valence-corrected chi connectivity index (χ0v) is 16.0. The number of benzene rings is 1. The Bertz CT molecular complexity index is 478. The summed E-state index contributed by atoms with van der Waals surface area (Å²) in [6.45, 7) is 11.2. The van der Waals surface area contributed by atoms with Gasteiger partial charge in [0, 0.05) is 19.1 Å². The van der Waals surface area contributed by atoms with Gasteiger partial charge in [-0.2, -0.15) is 0 Å². The lowest BCUT2D eigenvalue weighted by atomic mass is 10.2. The first-order chi connectivity index (χ1) is 11.3. The average Bonchev–Trinajstić information content (AvgIpc) is 2.52. The third-order valence-corrected chi connectivity index (χ3v) is 3.92. The number of hydrogen-bond donors (Lipinski definition) is 2. The van der Waals surface area contributed by atoms with E-state index in [0.29, 0.717) is 30.0 Å². The highest BCUT2D eigenvalue weighted by Gasteiger charge is 2.13. The highest BCUT2D eigenvalue weighted by atomic mass is 16.5. The summed E-state index contributed by atoms with van der Waals surface area (Å²) in [5.74, 6) is 1.98. The minimum atomic E-state index is -0.537. The van der Waals surface area contributed by atoms with Crippen LogP contribution in [0.2, 0.25) is 0 Å². The van der Waals surface area contributed by atoms with Crippen LogP contribution in [-0.4, -0.2) is 56.0 Å². The molecular weight excluding hydrogens is 304 g/mol. The van der Waals surface area contributed by atoms with Crippen LogP contribution in [0.15, 0.2) is 18.2 Å². The lowest BCUT2D eigenvalue weighted by molar-refractivity contribution is 0.0668. The van der Waals surface area contributed by atoms with Gasteiger partial charge in [-0.15, -0.1) is 0 Å². The van der Waals surface area contributed by atoms with Crippen LogP contribution in [0.4, 0.5) is 0 Å². The zero-order chi connectivity index (χ0) is 18.1. The molecule has 0 heterocycles. The van der Waals surface area contributed by atoms with Gasteiger partial charge in [0.25, 0.3) is 0 Å². The van der Waals surface area contributed by atoms with Gasteiger partial charge < -0.3 is 24.8 Å². The molecule has 5 heteroatoms. The summed E-state index contributed by atoms with van der Waals surface area (Å²) in [4.78, 5) is 2.09. The molecule has 0 amide bonds. The van der Waals surface area contributed by atoms with Gasteiger partial charge in [0.1, 0.15) is 12.7 Å². The number of nitrogens with zero attached hydrogens (tertiary/aromatic N) is 1. The SMILES string of the molecule is COc1ccc(CNCC(C)C)cc1OC[C@@H](O)CN(C)C(C)C. The summed E-state index contributed by atoms with van der Waals surface area (Å²) in [6.07, 6.45) is -0.537. The number of rotatable bonds is 11. The van der Waals surface area contributed by atoms with Crippen molar-refractivity contribution >= 4 is 0 Å². The molecule has 0 saturated heterocycles. The molecule has 0 bridgehead atoms. The maximum absolute atomic E-state index is 10.1. The molecule has 24 heavy (non-hydrogen) atoms. The van der Waals surface area contributed by atoms with Crippen LogP contribution in [0.3, 0.4) is 0 Å². The van der Waals surface area contributed by atoms with Crippen molar-refractivity contribution in [1.82, 2.24) is 10.2 Å². The minimum absolute atomic E-state index is 0.246. The van der Waals surface area contributed by atoms with E-state index < -0.39 is 6.10 Å². The Balaban J connectivity index is 2.61. The summed E-state index contributed by atoms with van der Waals surface area (Å²) >= 11 is 0. The van der Waals surface area contributed by atoms with Crippen molar-refractivity contribution in [1.29, 1.82) is 0 Å². The second kappa shape index (κ2) is 10.5. The van der Waals surface area contributed by atoms with E-state index in [4.69, 9.17) is 9.47 Å². The van der Waals surface area contributed by atoms with Crippen molar-refractivity contribution in [2.24, 2.45) is 5.92 Å². The van der Waals surface area contributed by atoms with E-state index in [1.807, 2.05) is 25.2 Å². The van der Waals surface area contributed by atoms with Crippen LogP contribution in [0.5, 0.6) is 11.5 Å². The van der Waals surface area contributed by atoms with Gasteiger partial charge in [0.15, 0.2) is 11.5 Å². The summed E-state index contributed by atoms with van der Waals surface area (Å²) in [5.41, 5.74) is 1.14. The Kier molecular flexibility index (Phi) is 9.11. The van der Waals surface area contributed by atoms with E-state index in [2.05, 4.69) is 37.9 Å². The Hall–Kier alpha value is -1.30. The van der Waals surface area contributed by atoms with Gasteiger partial charge in [0.05, 0.1) is 7.11 Å². The number of methoxy groups -OCH3 is 1. The third kappa shape index (κ3) is 7.51. The Morgan fingerprint density at radius 1 is 1.17 bits per heavy atom. The van der Waals surface area contributed by atoms with Crippen molar-refractivity contribution in [2.75, 3.05) is 33.9 Å². The fourth-order valence-electron chi connectivity index (χ4n) is 2.23. The molecule has 0 aromatic heterocycles. The van der Waals surface area contributed by atoms with Crippen LogP contribution in [0.25, 0.3) is 0 Å². The molecule has 0 aliphatic carbocycles. The molecular formula is C19H34N2O3. The Labute approximate surface area is 147 Å². The molecule has 0 spiro atoms.